The lowest BCUT2D eigenvalue weighted by atomic mass is 9.87. The molecule has 1 saturated carbocycles. The third kappa shape index (κ3) is 5.57. The van der Waals surface area contributed by atoms with Gasteiger partial charge in [0.1, 0.15) is 10.8 Å². The Morgan fingerprint density at radius 3 is 2.73 bits per heavy atom. The molecule has 8 nitrogen and oxygen atoms in total. The highest BCUT2D eigenvalue weighted by atomic mass is 35.5. The molecule has 0 amide bonds. The van der Waals surface area contributed by atoms with E-state index in [0.717, 1.165) is 12.8 Å². The van der Waals surface area contributed by atoms with Gasteiger partial charge in [0.2, 0.25) is 11.7 Å². The second-order valence-corrected chi connectivity index (χ2v) is 9.00. The number of nitrogens with zero attached hydrogens (tertiary/aromatic N) is 3. The normalized spacial score (nSPS) is 18.3. The van der Waals surface area contributed by atoms with Crippen LogP contribution in [0.15, 0.2) is 35.0 Å². The van der Waals surface area contributed by atoms with Crippen LogP contribution in [0.4, 0.5) is 0 Å². The first-order valence-corrected chi connectivity index (χ1v) is 11.4. The molecule has 1 aliphatic rings. The summed E-state index contributed by atoms with van der Waals surface area (Å²) in [5, 5.41) is 14.0. The van der Waals surface area contributed by atoms with Gasteiger partial charge in [-0.1, -0.05) is 28.4 Å². The number of ether oxygens (including phenoxy) is 2. The van der Waals surface area contributed by atoms with Crippen LogP contribution >= 0.6 is 23.2 Å². The van der Waals surface area contributed by atoms with Crippen molar-refractivity contribution in [3.8, 4) is 34.5 Å². The average molecular weight is 492 g/mol. The second-order valence-electron chi connectivity index (χ2n) is 8.18. The zero-order valence-electron chi connectivity index (χ0n) is 18.1. The van der Waals surface area contributed by atoms with E-state index in [1.807, 2.05) is 13.8 Å². The number of aliphatic carboxylic acids is 1. The molecule has 0 bridgehead atoms. The van der Waals surface area contributed by atoms with Crippen molar-refractivity contribution in [3.05, 3.63) is 40.5 Å². The quantitative estimate of drug-likeness (QED) is 0.434. The molecule has 3 aromatic rings. The van der Waals surface area contributed by atoms with Gasteiger partial charge in [0.05, 0.1) is 28.7 Å². The monoisotopic (exact) mass is 491 g/mol. The fraction of sp³-hybridized carbons (Fsp3) is 0.391. The molecule has 2 heterocycles. The highest BCUT2D eigenvalue weighted by Crippen LogP contribution is 2.34. The van der Waals surface area contributed by atoms with Gasteiger partial charge in [-0.25, -0.2) is 4.98 Å². The zero-order chi connectivity index (χ0) is 23.5. The van der Waals surface area contributed by atoms with Crippen molar-refractivity contribution >= 4 is 29.2 Å². The van der Waals surface area contributed by atoms with Crippen molar-refractivity contribution in [2.24, 2.45) is 5.92 Å². The van der Waals surface area contributed by atoms with Crippen molar-refractivity contribution in [3.63, 3.8) is 0 Å². The number of rotatable bonds is 7. The number of benzene rings is 1. The van der Waals surface area contributed by atoms with E-state index in [-0.39, 0.29) is 24.0 Å². The Kier molecular flexibility index (Phi) is 7.05. The molecule has 0 aliphatic heterocycles. The third-order valence-corrected chi connectivity index (χ3v) is 5.87. The van der Waals surface area contributed by atoms with Crippen LogP contribution in [0.1, 0.15) is 39.5 Å². The SMILES string of the molecule is CC(C)Oc1ncc(-c2nc(-c3ccc(OC4CCCC(C(=O)O)C4)cc3Cl)no2)cc1Cl. The molecule has 0 spiro atoms. The number of aromatic nitrogens is 3. The predicted octanol–water partition coefficient (Wildman–Crippen LogP) is 5.91. The van der Waals surface area contributed by atoms with E-state index >= 15 is 0 Å². The van der Waals surface area contributed by atoms with Crippen LogP contribution in [0.2, 0.25) is 10.0 Å². The summed E-state index contributed by atoms with van der Waals surface area (Å²) in [6.07, 6.45) is 4.15. The minimum Gasteiger partial charge on any atom is -0.490 e. The largest absolute Gasteiger partial charge is 0.490 e. The van der Waals surface area contributed by atoms with Crippen molar-refractivity contribution < 1.29 is 23.9 Å². The van der Waals surface area contributed by atoms with E-state index in [1.54, 1.807) is 30.5 Å². The average Bonchev–Trinajstić information content (AvgIpc) is 3.25. The molecule has 1 N–H and O–H groups in total. The number of halogens is 2. The Balaban J connectivity index is 1.48. The molecule has 0 radical (unpaired) electrons. The smallest absolute Gasteiger partial charge is 0.306 e. The summed E-state index contributed by atoms with van der Waals surface area (Å²) in [5.41, 5.74) is 1.13. The highest BCUT2D eigenvalue weighted by Gasteiger charge is 2.28. The molecular formula is C23H23Cl2N3O5. The lowest BCUT2D eigenvalue weighted by Gasteiger charge is -2.27. The second kappa shape index (κ2) is 9.97. The first-order valence-electron chi connectivity index (χ1n) is 10.7. The minimum absolute atomic E-state index is 0.0540. The molecule has 2 atom stereocenters. The number of hydrogen-bond donors (Lipinski definition) is 1. The summed E-state index contributed by atoms with van der Waals surface area (Å²) in [7, 11) is 0. The van der Waals surface area contributed by atoms with E-state index < -0.39 is 5.97 Å². The standard InChI is InChI=1S/C23H23Cl2N3O5/c1-12(2)31-22-19(25)9-14(11-26-22)21-27-20(28-33-21)17-7-6-16(10-18(17)24)32-15-5-3-4-13(8-15)23(29)30/h6-7,9-13,15H,3-5,8H2,1-2H3,(H,29,30). The van der Waals surface area contributed by atoms with Crippen molar-refractivity contribution in [2.75, 3.05) is 0 Å². The first kappa shape index (κ1) is 23.3. The Morgan fingerprint density at radius 1 is 1.21 bits per heavy atom. The molecule has 33 heavy (non-hydrogen) atoms. The van der Waals surface area contributed by atoms with Crippen LogP contribution in [0, 0.1) is 5.92 Å². The van der Waals surface area contributed by atoms with E-state index in [9.17, 15) is 9.90 Å². The minimum atomic E-state index is -0.775. The fourth-order valence-corrected chi connectivity index (χ4v) is 4.19. The fourth-order valence-electron chi connectivity index (χ4n) is 3.72. The summed E-state index contributed by atoms with van der Waals surface area (Å²) < 4.78 is 16.9. The summed E-state index contributed by atoms with van der Waals surface area (Å²) >= 11 is 12.7. The molecule has 1 fully saturated rings. The van der Waals surface area contributed by atoms with Gasteiger partial charge in [-0.05, 0) is 63.8 Å². The van der Waals surface area contributed by atoms with Crippen LogP contribution in [0.3, 0.4) is 0 Å². The number of carboxylic acid groups (broad SMARTS) is 1. The molecule has 4 rings (SSSR count). The van der Waals surface area contributed by atoms with Gasteiger partial charge in [0.15, 0.2) is 0 Å². The maximum atomic E-state index is 11.3. The van der Waals surface area contributed by atoms with Gasteiger partial charge in [0.25, 0.3) is 5.89 Å². The molecule has 1 aromatic carbocycles. The topological polar surface area (TPSA) is 108 Å². The van der Waals surface area contributed by atoms with E-state index in [1.165, 1.54) is 0 Å². The van der Waals surface area contributed by atoms with Crippen molar-refractivity contribution in [1.29, 1.82) is 0 Å². The van der Waals surface area contributed by atoms with Gasteiger partial charge >= 0.3 is 5.97 Å². The van der Waals surface area contributed by atoms with Gasteiger partial charge < -0.3 is 19.1 Å². The lowest BCUT2D eigenvalue weighted by molar-refractivity contribution is -0.143. The Bertz CT molecular complexity index is 1150. The van der Waals surface area contributed by atoms with Gasteiger partial charge in [-0.15, -0.1) is 0 Å². The summed E-state index contributed by atoms with van der Waals surface area (Å²) in [6.45, 7) is 3.77. The first-order chi connectivity index (χ1) is 15.8. The van der Waals surface area contributed by atoms with Gasteiger partial charge in [0, 0.05) is 11.8 Å². The molecule has 10 heteroatoms. The summed E-state index contributed by atoms with van der Waals surface area (Å²) in [4.78, 5) is 19.9. The molecule has 2 unspecified atom stereocenters. The van der Waals surface area contributed by atoms with Crippen molar-refractivity contribution in [2.45, 2.75) is 51.7 Å². The number of carbonyl (C=O) groups is 1. The summed E-state index contributed by atoms with van der Waals surface area (Å²) in [5.74, 6) is 0.313. The molecule has 174 valence electrons. The van der Waals surface area contributed by atoms with Crippen LogP contribution in [-0.4, -0.2) is 38.4 Å². The molecule has 2 aromatic heterocycles. The maximum absolute atomic E-state index is 11.3. The number of pyridine rings is 1. The lowest BCUT2D eigenvalue weighted by Crippen LogP contribution is -2.29. The summed E-state index contributed by atoms with van der Waals surface area (Å²) in [6, 6.07) is 6.83. The van der Waals surface area contributed by atoms with Crippen LogP contribution < -0.4 is 9.47 Å². The van der Waals surface area contributed by atoms with E-state index in [4.69, 9.17) is 37.2 Å². The number of hydrogen-bond acceptors (Lipinski definition) is 7. The van der Waals surface area contributed by atoms with Crippen LogP contribution in [0.5, 0.6) is 11.6 Å². The van der Waals surface area contributed by atoms with Crippen LogP contribution in [-0.2, 0) is 4.79 Å². The number of carboxylic acids is 1. The molecule has 0 saturated heterocycles. The third-order valence-electron chi connectivity index (χ3n) is 5.29. The van der Waals surface area contributed by atoms with Crippen LogP contribution in [0.25, 0.3) is 22.8 Å². The van der Waals surface area contributed by atoms with E-state index in [2.05, 4.69) is 15.1 Å². The zero-order valence-corrected chi connectivity index (χ0v) is 19.6. The molecule has 1 aliphatic carbocycles. The van der Waals surface area contributed by atoms with Gasteiger partial charge in [-0.3, -0.25) is 4.79 Å². The Hall–Kier alpha value is -2.84. The van der Waals surface area contributed by atoms with Crippen molar-refractivity contribution in [1.82, 2.24) is 15.1 Å². The Labute approximate surface area is 200 Å². The highest BCUT2D eigenvalue weighted by molar-refractivity contribution is 6.33. The maximum Gasteiger partial charge on any atom is 0.306 e. The van der Waals surface area contributed by atoms with Gasteiger partial charge in [-0.2, -0.15) is 4.98 Å². The molecular weight excluding hydrogens is 469 g/mol. The predicted molar refractivity (Wildman–Crippen MR) is 123 cm³/mol. The van der Waals surface area contributed by atoms with E-state index in [0.29, 0.717) is 51.5 Å². The Morgan fingerprint density at radius 2 is 2.03 bits per heavy atom.